The standard InChI is InChI=1S/C14H16N2O4/c1-16-8-11(10-4-2-3-5-12(10)16)14(19)15-6-7-20-9-13(17)18/h2-5,8H,6-7,9H2,1H3,(H,15,19)(H,17,18). The molecule has 2 N–H and O–H groups in total. The number of carbonyl (C=O) groups excluding carboxylic acids is 1. The number of carboxylic acid groups (broad SMARTS) is 1. The summed E-state index contributed by atoms with van der Waals surface area (Å²) in [6.45, 7) is 0.0856. The maximum absolute atomic E-state index is 12.1. The summed E-state index contributed by atoms with van der Waals surface area (Å²) < 4.78 is 6.75. The summed E-state index contributed by atoms with van der Waals surface area (Å²) >= 11 is 0. The number of rotatable bonds is 6. The van der Waals surface area contributed by atoms with Gasteiger partial charge in [0.25, 0.3) is 5.91 Å². The quantitative estimate of drug-likeness (QED) is 0.772. The summed E-state index contributed by atoms with van der Waals surface area (Å²) in [6.07, 6.45) is 1.78. The first-order chi connectivity index (χ1) is 9.59. The summed E-state index contributed by atoms with van der Waals surface area (Å²) in [5.41, 5.74) is 1.58. The minimum atomic E-state index is -1.02. The van der Waals surface area contributed by atoms with Crippen molar-refractivity contribution < 1.29 is 19.4 Å². The van der Waals surface area contributed by atoms with Crippen molar-refractivity contribution in [2.24, 2.45) is 7.05 Å². The van der Waals surface area contributed by atoms with Crippen LogP contribution in [-0.4, -0.2) is 41.3 Å². The summed E-state index contributed by atoms with van der Waals surface area (Å²) in [7, 11) is 1.88. The van der Waals surface area contributed by atoms with Gasteiger partial charge in [-0.15, -0.1) is 0 Å². The van der Waals surface area contributed by atoms with Crippen LogP contribution in [0.5, 0.6) is 0 Å². The van der Waals surface area contributed by atoms with Crippen molar-refractivity contribution >= 4 is 22.8 Å². The largest absolute Gasteiger partial charge is 0.480 e. The molecule has 1 amide bonds. The molecule has 106 valence electrons. The molecule has 0 spiro atoms. The van der Waals surface area contributed by atoms with Crippen LogP contribution in [-0.2, 0) is 16.6 Å². The van der Waals surface area contributed by atoms with Gasteiger partial charge in [-0.25, -0.2) is 4.79 Å². The zero-order valence-corrected chi connectivity index (χ0v) is 11.1. The zero-order chi connectivity index (χ0) is 14.5. The lowest BCUT2D eigenvalue weighted by molar-refractivity contribution is -0.142. The third-order valence-electron chi connectivity index (χ3n) is 2.90. The minimum absolute atomic E-state index is 0.169. The van der Waals surface area contributed by atoms with E-state index in [4.69, 9.17) is 9.84 Å². The lowest BCUT2D eigenvalue weighted by Crippen LogP contribution is -2.27. The first-order valence-corrected chi connectivity index (χ1v) is 6.21. The van der Waals surface area contributed by atoms with E-state index in [2.05, 4.69) is 5.32 Å². The van der Waals surface area contributed by atoms with Crippen molar-refractivity contribution in [1.29, 1.82) is 0 Å². The first-order valence-electron chi connectivity index (χ1n) is 6.21. The van der Waals surface area contributed by atoms with Crippen LogP contribution in [0.25, 0.3) is 10.9 Å². The van der Waals surface area contributed by atoms with E-state index in [0.29, 0.717) is 5.56 Å². The topological polar surface area (TPSA) is 80.6 Å². The number of aryl methyl sites for hydroxylation is 1. The third kappa shape index (κ3) is 3.16. The molecule has 0 aliphatic carbocycles. The number of hydrogen-bond acceptors (Lipinski definition) is 3. The summed E-state index contributed by atoms with van der Waals surface area (Å²) in [5.74, 6) is -1.22. The predicted molar refractivity (Wildman–Crippen MR) is 73.7 cm³/mol. The molecule has 1 aromatic heterocycles. The second-order valence-corrected chi connectivity index (χ2v) is 4.37. The van der Waals surface area contributed by atoms with Crippen LogP contribution in [0.15, 0.2) is 30.5 Å². The molecule has 2 aromatic rings. The SMILES string of the molecule is Cn1cc(C(=O)NCCOCC(=O)O)c2ccccc21. The van der Waals surface area contributed by atoms with E-state index in [1.165, 1.54) is 0 Å². The molecule has 0 aliphatic heterocycles. The van der Waals surface area contributed by atoms with Crippen LogP contribution in [0.1, 0.15) is 10.4 Å². The maximum atomic E-state index is 12.1. The van der Waals surface area contributed by atoms with E-state index in [9.17, 15) is 9.59 Å². The van der Waals surface area contributed by atoms with E-state index in [1.54, 1.807) is 6.20 Å². The Morgan fingerprint density at radius 2 is 2.10 bits per heavy atom. The van der Waals surface area contributed by atoms with Gasteiger partial charge >= 0.3 is 5.97 Å². The van der Waals surface area contributed by atoms with Crippen LogP contribution in [0.2, 0.25) is 0 Å². The number of nitrogens with zero attached hydrogens (tertiary/aromatic N) is 1. The van der Waals surface area contributed by atoms with Gasteiger partial charge in [-0.1, -0.05) is 18.2 Å². The average Bonchev–Trinajstić information content (AvgIpc) is 2.76. The Bertz CT molecular complexity index is 633. The molecule has 20 heavy (non-hydrogen) atoms. The number of nitrogens with one attached hydrogen (secondary N) is 1. The van der Waals surface area contributed by atoms with E-state index in [0.717, 1.165) is 10.9 Å². The first kappa shape index (κ1) is 14.1. The Morgan fingerprint density at radius 1 is 1.35 bits per heavy atom. The monoisotopic (exact) mass is 276 g/mol. The number of amides is 1. The fourth-order valence-corrected chi connectivity index (χ4v) is 2.01. The fourth-order valence-electron chi connectivity index (χ4n) is 2.01. The molecule has 6 heteroatoms. The minimum Gasteiger partial charge on any atom is -0.480 e. The van der Waals surface area contributed by atoms with Gasteiger partial charge < -0.3 is 19.7 Å². The molecule has 1 heterocycles. The van der Waals surface area contributed by atoms with Gasteiger partial charge in [0.15, 0.2) is 0 Å². The molecule has 0 saturated carbocycles. The number of fused-ring (bicyclic) bond motifs is 1. The number of ether oxygens (including phenoxy) is 1. The maximum Gasteiger partial charge on any atom is 0.329 e. The third-order valence-corrected chi connectivity index (χ3v) is 2.90. The smallest absolute Gasteiger partial charge is 0.329 e. The molecule has 1 aromatic carbocycles. The molecular formula is C14H16N2O4. The molecule has 0 bridgehead atoms. The van der Waals surface area contributed by atoms with Crippen molar-refractivity contribution in [2.45, 2.75) is 0 Å². The number of carboxylic acids is 1. The lowest BCUT2D eigenvalue weighted by atomic mass is 10.1. The van der Waals surface area contributed by atoms with Crippen LogP contribution >= 0.6 is 0 Å². The summed E-state index contributed by atoms with van der Waals surface area (Å²) in [6, 6.07) is 7.64. The van der Waals surface area contributed by atoms with Crippen molar-refractivity contribution in [2.75, 3.05) is 19.8 Å². The molecular weight excluding hydrogens is 260 g/mol. The zero-order valence-electron chi connectivity index (χ0n) is 11.1. The lowest BCUT2D eigenvalue weighted by Gasteiger charge is -2.04. The molecule has 0 unspecified atom stereocenters. The van der Waals surface area contributed by atoms with Crippen LogP contribution in [0.4, 0.5) is 0 Å². The number of para-hydroxylation sites is 1. The normalized spacial score (nSPS) is 10.7. The molecule has 2 rings (SSSR count). The fraction of sp³-hybridized carbons (Fsp3) is 0.286. The van der Waals surface area contributed by atoms with Crippen LogP contribution < -0.4 is 5.32 Å². The van der Waals surface area contributed by atoms with E-state index in [1.807, 2.05) is 35.9 Å². The van der Waals surface area contributed by atoms with E-state index < -0.39 is 5.97 Å². The highest BCUT2D eigenvalue weighted by molar-refractivity contribution is 6.06. The Kier molecular flexibility index (Phi) is 4.37. The second-order valence-electron chi connectivity index (χ2n) is 4.37. The Labute approximate surface area is 116 Å². The van der Waals surface area contributed by atoms with Gasteiger partial charge in [0.2, 0.25) is 0 Å². The van der Waals surface area contributed by atoms with Gasteiger partial charge in [0.05, 0.1) is 12.2 Å². The Hall–Kier alpha value is -2.34. The highest BCUT2D eigenvalue weighted by atomic mass is 16.5. The van der Waals surface area contributed by atoms with E-state index in [-0.39, 0.29) is 25.7 Å². The van der Waals surface area contributed by atoms with Crippen molar-refractivity contribution in [3.05, 3.63) is 36.0 Å². The highest BCUT2D eigenvalue weighted by Gasteiger charge is 2.12. The number of carbonyl (C=O) groups is 2. The molecule has 0 radical (unpaired) electrons. The van der Waals surface area contributed by atoms with Crippen LogP contribution in [0.3, 0.4) is 0 Å². The molecule has 0 saturated heterocycles. The van der Waals surface area contributed by atoms with Gasteiger partial charge in [-0.2, -0.15) is 0 Å². The summed E-state index contributed by atoms with van der Waals surface area (Å²) in [5, 5.41) is 12.0. The number of hydrogen-bond donors (Lipinski definition) is 2. The van der Waals surface area contributed by atoms with Gasteiger partial charge in [-0.3, -0.25) is 4.79 Å². The van der Waals surface area contributed by atoms with Gasteiger partial charge in [0, 0.05) is 30.7 Å². The molecule has 0 aliphatic rings. The molecule has 0 fully saturated rings. The second kappa shape index (κ2) is 6.21. The van der Waals surface area contributed by atoms with E-state index >= 15 is 0 Å². The van der Waals surface area contributed by atoms with Crippen LogP contribution in [0, 0.1) is 0 Å². The summed E-state index contributed by atoms with van der Waals surface area (Å²) in [4.78, 5) is 22.3. The number of benzene rings is 1. The van der Waals surface area contributed by atoms with Gasteiger partial charge in [0.1, 0.15) is 6.61 Å². The van der Waals surface area contributed by atoms with Gasteiger partial charge in [-0.05, 0) is 6.07 Å². The Balaban J connectivity index is 1.96. The number of aliphatic carboxylic acids is 1. The van der Waals surface area contributed by atoms with Crippen molar-refractivity contribution in [3.63, 3.8) is 0 Å². The average molecular weight is 276 g/mol. The predicted octanol–water partition coefficient (Wildman–Crippen LogP) is 1.01. The number of aromatic nitrogens is 1. The molecule has 6 nitrogen and oxygen atoms in total. The highest BCUT2D eigenvalue weighted by Crippen LogP contribution is 2.19. The Morgan fingerprint density at radius 3 is 2.85 bits per heavy atom. The van der Waals surface area contributed by atoms with Crippen molar-refractivity contribution in [3.8, 4) is 0 Å². The molecule has 0 atom stereocenters. The van der Waals surface area contributed by atoms with Crippen molar-refractivity contribution in [1.82, 2.24) is 9.88 Å².